The molecule has 0 aliphatic carbocycles. The fraction of sp³-hybridized carbons (Fsp3) is 0.571. The zero-order valence-corrected chi connectivity index (χ0v) is 11.4. The maximum atomic E-state index is 13.1. The quantitative estimate of drug-likeness (QED) is 0.738. The third-order valence-corrected chi connectivity index (χ3v) is 3.55. The van der Waals surface area contributed by atoms with Gasteiger partial charge in [0.1, 0.15) is 17.7 Å². The number of halogens is 2. The Morgan fingerprint density at radius 2 is 2.33 bits per heavy atom. The van der Waals surface area contributed by atoms with Crippen molar-refractivity contribution in [2.24, 2.45) is 0 Å². The van der Waals surface area contributed by atoms with Crippen LogP contribution in [0.25, 0.3) is 0 Å². The minimum absolute atomic E-state index is 0.136. The lowest BCUT2D eigenvalue weighted by molar-refractivity contribution is 0.154. The third-order valence-electron chi connectivity index (χ3n) is 3.28. The molecule has 0 radical (unpaired) electrons. The molecule has 100 valence electrons. The molecule has 1 atom stereocenters. The molecule has 1 aliphatic heterocycles. The summed E-state index contributed by atoms with van der Waals surface area (Å²) in [6, 6.07) is 4.75. The summed E-state index contributed by atoms with van der Waals surface area (Å²) in [5.41, 5.74) is 0.980. The fourth-order valence-electron chi connectivity index (χ4n) is 2.34. The van der Waals surface area contributed by atoms with E-state index in [0.717, 1.165) is 43.8 Å². The van der Waals surface area contributed by atoms with Gasteiger partial charge in [-0.3, -0.25) is 4.90 Å². The van der Waals surface area contributed by atoms with Crippen LogP contribution in [0.4, 0.5) is 4.39 Å². The summed E-state index contributed by atoms with van der Waals surface area (Å²) >= 11 is 5.71. The first-order valence-electron chi connectivity index (χ1n) is 6.46. The lowest BCUT2D eigenvalue weighted by Gasteiger charge is -2.23. The second-order valence-electron chi connectivity index (χ2n) is 4.63. The molecule has 1 aliphatic rings. The molecule has 1 aromatic carbocycles. The van der Waals surface area contributed by atoms with Gasteiger partial charge in [0, 0.05) is 24.4 Å². The first-order chi connectivity index (χ1) is 8.72. The Kier molecular flexibility index (Phi) is 4.84. The van der Waals surface area contributed by atoms with E-state index in [1.165, 1.54) is 6.07 Å². The van der Waals surface area contributed by atoms with Crippen molar-refractivity contribution in [3.63, 3.8) is 0 Å². The summed E-state index contributed by atoms with van der Waals surface area (Å²) < 4.78 is 18.9. The number of benzene rings is 1. The van der Waals surface area contributed by atoms with E-state index in [1.807, 2.05) is 0 Å². The van der Waals surface area contributed by atoms with Crippen LogP contribution in [0.2, 0.25) is 0 Å². The summed E-state index contributed by atoms with van der Waals surface area (Å²) in [5, 5.41) is 0. The van der Waals surface area contributed by atoms with E-state index in [9.17, 15) is 4.39 Å². The number of fused-ring (bicyclic) bond motifs is 1. The largest absolute Gasteiger partial charge is 0.488 e. The van der Waals surface area contributed by atoms with Crippen LogP contribution in [0.3, 0.4) is 0 Å². The third kappa shape index (κ3) is 3.36. The van der Waals surface area contributed by atoms with Gasteiger partial charge in [-0.25, -0.2) is 4.39 Å². The Balaban J connectivity index is 1.90. The molecule has 0 bridgehead atoms. The molecule has 0 spiro atoms. The Morgan fingerprint density at radius 1 is 1.50 bits per heavy atom. The summed E-state index contributed by atoms with van der Waals surface area (Å²) in [6.07, 6.45) is 1.92. The van der Waals surface area contributed by atoms with E-state index >= 15 is 0 Å². The molecular weight excluding hydrogens is 253 g/mol. The molecular formula is C14H19ClFNO. The van der Waals surface area contributed by atoms with Gasteiger partial charge in [-0.05, 0) is 37.7 Å². The molecule has 0 amide bonds. The predicted octanol–water partition coefficient (Wildman–Crippen LogP) is 3.08. The van der Waals surface area contributed by atoms with Crippen LogP contribution in [-0.2, 0) is 6.42 Å². The van der Waals surface area contributed by atoms with E-state index in [2.05, 4.69) is 11.8 Å². The van der Waals surface area contributed by atoms with Crippen LogP contribution < -0.4 is 4.74 Å². The molecule has 1 unspecified atom stereocenters. The van der Waals surface area contributed by atoms with E-state index in [1.54, 1.807) is 12.1 Å². The van der Waals surface area contributed by atoms with E-state index in [4.69, 9.17) is 16.3 Å². The Hall–Kier alpha value is -0.800. The highest BCUT2D eigenvalue weighted by molar-refractivity contribution is 6.17. The number of rotatable bonds is 6. The molecule has 0 aromatic heterocycles. The second kappa shape index (κ2) is 6.39. The molecule has 0 N–H and O–H groups in total. The lowest BCUT2D eigenvalue weighted by atomic mass is 10.1. The minimum Gasteiger partial charge on any atom is -0.488 e. The molecule has 0 fully saturated rings. The smallest absolute Gasteiger partial charge is 0.123 e. The fourth-order valence-corrected chi connectivity index (χ4v) is 2.46. The van der Waals surface area contributed by atoms with Crippen molar-refractivity contribution >= 4 is 11.6 Å². The van der Waals surface area contributed by atoms with Crippen molar-refractivity contribution in [3.05, 3.63) is 29.6 Å². The van der Waals surface area contributed by atoms with E-state index < -0.39 is 0 Å². The summed E-state index contributed by atoms with van der Waals surface area (Å²) in [5.74, 6) is 1.33. The zero-order valence-electron chi connectivity index (χ0n) is 10.7. The van der Waals surface area contributed by atoms with Crippen molar-refractivity contribution in [2.45, 2.75) is 25.9 Å². The van der Waals surface area contributed by atoms with Crippen molar-refractivity contribution in [1.29, 1.82) is 0 Å². The van der Waals surface area contributed by atoms with Gasteiger partial charge in [-0.2, -0.15) is 0 Å². The molecule has 2 rings (SSSR count). The van der Waals surface area contributed by atoms with Gasteiger partial charge < -0.3 is 4.74 Å². The van der Waals surface area contributed by atoms with Gasteiger partial charge in [0.25, 0.3) is 0 Å². The summed E-state index contributed by atoms with van der Waals surface area (Å²) in [7, 11) is 0. The van der Waals surface area contributed by atoms with E-state index in [-0.39, 0.29) is 11.9 Å². The Bertz CT molecular complexity index is 399. The molecule has 18 heavy (non-hydrogen) atoms. The van der Waals surface area contributed by atoms with Gasteiger partial charge in [-0.15, -0.1) is 11.6 Å². The maximum absolute atomic E-state index is 13.1. The van der Waals surface area contributed by atoms with Crippen molar-refractivity contribution in [1.82, 2.24) is 4.90 Å². The first kappa shape index (κ1) is 13.6. The van der Waals surface area contributed by atoms with Gasteiger partial charge in [0.05, 0.1) is 0 Å². The zero-order chi connectivity index (χ0) is 13.0. The molecule has 4 heteroatoms. The van der Waals surface area contributed by atoms with Crippen molar-refractivity contribution < 1.29 is 9.13 Å². The average Bonchev–Trinajstić information content (AvgIpc) is 2.75. The standard InChI is InChI=1S/C14H19ClFNO/c1-2-17(7-3-6-15)10-13-9-11-8-12(16)4-5-14(11)18-13/h4-5,8,13H,2-3,6-7,9-10H2,1H3. The highest BCUT2D eigenvalue weighted by atomic mass is 35.5. The predicted molar refractivity (Wildman–Crippen MR) is 72.0 cm³/mol. The lowest BCUT2D eigenvalue weighted by Crippen LogP contribution is -2.35. The monoisotopic (exact) mass is 271 g/mol. The second-order valence-corrected chi connectivity index (χ2v) is 5.01. The number of nitrogens with zero attached hydrogens (tertiary/aromatic N) is 1. The highest BCUT2D eigenvalue weighted by Gasteiger charge is 2.24. The molecule has 0 saturated carbocycles. The summed E-state index contributed by atoms with van der Waals surface area (Å²) in [4.78, 5) is 2.33. The Morgan fingerprint density at radius 3 is 3.06 bits per heavy atom. The van der Waals surface area contributed by atoms with Gasteiger partial charge in [0.2, 0.25) is 0 Å². The van der Waals surface area contributed by atoms with Crippen molar-refractivity contribution in [3.8, 4) is 5.75 Å². The maximum Gasteiger partial charge on any atom is 0.123 e. The molecule has 1 aromatic rings. The van der Waals surface area contributed by atoms with Crippen LogP contribution in [0.1, 0.15) is 18.9 Å². The van der Waals surface area contributed by atoms with Crippen LogP contribution in [-0.4, -0.2) is 36.5 Å². The topological polar surface area (TPSA) is 12.5 Å². The van der Waals surface area contributed by atoms with Gasteiger partial charge in [-0.1, -0.05) is 6.92 Å². The summed E-state index contributed by atoms with van der Waals surface area (Å²) in [6.45, 7) is 4.99. The number of hydrogen-bond donors (Lipinski definition) is 0. The van der Waals surface area contributed by atoms with Gasteiger partial charge >= 0.3 is 0 Å². The van der Waals surface area contributed by atoms with E-state index in [0.29, 0.717) is 5.88 Å². The highest BCUT2D eigenvalue weighted by Crippen LogP contribution is 2.29. The SMILES string of the molecule is CCN(CCCCl)CC1Cc2cc(F)ccc2O1. The number of hydrogen-bond acceptors (Lipinski definition) is 2. The minimum atomic E-state index is -0.188. The van der Waals surface area contributed by atoms with Crippen LogP contribution >= 0.6 is 11.6 Å². The molecule has 0 saturated heterocycles. The van der Waals surface area contributed by atoms with Crippen LogP contribution in [0.15, 0.2) is 18.2 Å². The Labute approximate surface area is 113 Å². The van der Waals surface area contributed by atoms with Crippen LogP contribution in [0, 0.1) is 5.82 Å². The average molecular weight is 272 g/mol. The first-order valence-corrected chi connectivity index (χ1v) is 6.99. The van der Waals surface area contributed by atoms with Crippen molar-refractivity contribution in [2.75, 3.05) is 25.5 Å². The van der Waals surface area contributed by atoms with Gasteiger partial charge in [0.15, 0.2) is 0 Å². The van der Waals surface area contributed by atoms with Crippen LogP contribution in [0.5, 0.6) is 5.75 Å². The number of ether oxygens (including phenoxy) is 1. The molecule has 2 nitrogen and oxygen atoms in total. The molecule has 1 heterocycles. The normalized spacial score (nSPS) is 17.9. The number of likely N-dealkylation sites (N-methyl/N-ethyl adjacent to an activating group) is 1. The number of alkyl halides is 1.